The molecule has 0 atom stereocenters. The highest BCUT2D eigenvalue weighted by molar-refractivity contribution is 5.90. The van der Waals surface area contributed by atoms with Gasteiger partial charge in [-0.15, -0.1) is 5.10 Å². The maximum atomic E-state index is 15.5. The minimum atomic E-state index is -2.86. The molecule has 0 spiro atoms. The number of fused-ring (bicyclic) bond motifs is 2. The first-order valence-electron chi connectivity index (χ1n) is 13.7. The van der Waals surface area contributed by atoms with E-state index >= 15 is 4.39 Å². The number of aryl methyl sites for hydroxylation is 1. The van der Waals surface area contributed by atoms with E-state index in [1.54, 1.807) is 25.1 Å². The molecule has 5 heterocycles. The second-order valence-corrected chi connectivity index (χ2v) is 9.50. The number of methoxy groups -OCH3 is 1. The molecular formula is C25H28F3N7O2. The molecule has 0 saturated carbocycles. The Morgan fingerprint density at radius 1 is 1.24 bits per heavy atom. The Labute approximate surface area is 215 Å². The van der Waals surface area contributed by atoms with Gasteiger partial charge in [-0.3, -0.25) is 4.90 Å². The summed E-state index contributed by atoms with van der Waals surface area (Å²) >= 11 is 0. The molecule has 0 amide bonds. The van der Waals surface area contributed by atoms with Gasteiger partial charge in [0, 0.05) is 19.1 Å². The van der Waals surface area contributed by atoms with Crippen LogP contribution in [0.4, 0.5) is 19.1 Å². The highest BCUT2D eigenvalue weighted by Crippen LogP contribution is 2.36. The highest BCUT2D eigenvalue weighted by Gasteiger charge is 2.30. The Hall–Kier alpha value is -3.38. The van der Waals surface area contributed by atoms with Crippen molar-refractivity contribution in [3.63, 3.8) is 0 Å². The van der Waals surface area contributed by atoms with E-state index in [1.807, 2.05) is 0 Å². The molecule has 2 aliphatic rings. The zero-order chi connectivity index (χ0) is 28.2. The van der Waals surface area contributed by atoms with Crippen molar-refractivity contribution in [3.05, 3.63) is 36.0 Å². The number of nitrogens with one attached hydrogen (secondary N) is 1. The van der Waals surface area contributed by atoms with Gasteiger partial charge in [0.1, 0.15) is 11.3 Å². The van der Waals surface area contributed by atoms with E-state index < -0.39 is 25.8 Å². The van der Waals surface area contributed by atoms with Crippen LogP contribution in [0.25, 0.3) is 27.7 Å². The van der Waals surface area contributed by atoms with Gasteiger partial charge in [0.15, 0.2) is 5.82 Å². The Kier molecular flexibility index (Phi) is 5.30. The van der Waals surface area contributed by atoms with Crippen molar-refractivity contribution in [1.29, 1.82) is 0 Å². The fraction of sp³-hybridized carbons (Fsp3) is 0.480. The van der Waals surface area contributed by atoms with E-state index in [9.17, 15) is 8.78 Å². The second kappa shape index (κ2) is 9.49. The molecule has 37 heavy (non-hydrogen) atoms. The van der Waals surface area contributed by atoms with Gasteiger partial charge in [-0.25, -0.2) is 22.7 Å². The van der Waals surface area contributed by atoms with Gasteiger partial charge in [-0.1, -0.05) is 6.07 Å². The SMILES string of the molecule is [2H]C([2H])([2H])Oc1nc(NC2CCN(C3COC3)CC2)nn2cc(F)c(-c3ccc4nc(C)n(CC(F)F)c4c3)c12. The van der Waals surface area contributed by atoms with Crippen LogP contribution in [0.15, 0.2) is 24.4 Å². The van der Waals surface area contributed by atoms with Crippen molar-refractivity contribution in [2.75, 3.05) is 38.7 Å². The lowest BCUT2D eigenvalue weighted by Gasteiger charge is -2.41. The Morgan fingerprint density at radius 2 is 2.05 bits per heavy atom. The third-order valence-corrected chi connectivity index (χ3v) is 7.20. The smallest absolute Gasteiger partial charge is 0.256 e. The van der Waals surface area contributed by atoms with Crippen LogP contribution in [0.2, 0.25) is 0 Å². The summed E-state index contributed by atoms with van der Waals surface area (Å²) in [5, 5.41) is 7.66. The summed E-state index contributed by atoms with van der Waals surface area (Å²) in [5.41, 5.74) is 1.19. The molecule has 6 rings (SSSR count). The van der Waals surface area contributed by atoms with E-state index in [4.69, 9.17) is 13.6 Å². The molecule has 0 aliphatic carbocycles. The van der Waals surface area contributed by atoms with Crippen molar-refractivity contribution < 1.29 is 26.8 Å². The molecule has 4 aromatic rings. The number of anilines is 1. The molecule has 2 aliphatic heterocycles. The van der Waals surface area contributed by atoms with Gasteiger partial charge < -0.3 is 19.4 Å². The molecule has 3 aromatic heterocycles. The number of rotatable bonds is 7. The summed E-state index contributed by atoms with van der Waals surface area (Å²) in [6.45, 7) is 4.29. The molecule has 12 heteroatoms. The first-order valence-corrected chi connectivity index (χ1v) is 12.2. The largest absolute Gasteiger partial charge is 0.479 e. The van der Waals surface area contributed by atoms with Crippen LogP contribution >= 0.6 is 0 Å². The predicted molar refractivity (Wildman–Crippen MR) is 132 cm³/mol. The maximum absolute atomic E-state index is 15.5. The number of hydrogen-bond donors (Lipinski definition) is 1. The van der Waals surface area contributed by atoms with Crippen LogP contribution < -0.4 is 10.1 Å². The molecule has 2 saturated heterocycles. The lowest BCUT2D eigenvalue weighted by Crippen LogP contribution is -2.53. The summed E-state index contributed by atoms with van der Waals surface area (Å²) in [4.78, 5) is 11.0. The van der Waals surface area contributed by atoms with Crippen molar-refractivity contribution in [1.82, 2.24) is 29.0 Å². The number of imidazole rings is 1. The Balaban J connectivity index is 1.37. The molecular weight excluding hydrogens is 487 g/mol. The molecule has 1 aromatic carbocycles. The summed E-state index contributed by atoms with van der Waals surface area (Å²) in [7, 11) is -2.86. The van der Waals surface area contributed by atoms with Gasteiger partial charge in [0.2, 0.25) is 11.8 Å². The fourth-order valence-corrected chi connectivity index (χ4v) is 5.22. The van der Waals surface area contributed by atoms with Gasteiger partial charge in [-0.2, -0.15) is 4.98 Å². The molecule has 2 fully saturated rings. The topological polar surface area (TPSA) is 81.7 Å². The number of ether oxygens (including phenoxy) is 2. The van der Waals surface area contributed by atoms with Gasteiger partial charge >= 0.3 is 0 Å². The van der Waals surface area contributed by atoms with Crippen molar-refractivity contribution in [2.24, 2.45) is 0 Å². The number of aromatic nitrogens is 5. The van der Waals surface area contributed by atoms with Crippen LogP contribution in [0.3, 0.4) is 0 Å². The number of alkyl halides is 2. The number of nitrogens with zero attached hydrogens (tertiary/aromatic N) is 6. The molecule has 9 nitrogen and oxygen atoms in total. The molecule has 1 N–H and O–H groups in total. The van der Waals surface area contributed by atoms with E-state index in [0.29, 0.717) is 28.5 Å². The normalized spacial score (nSPS) is 19.2. The quantitative estimate of drug-likeness (QED) is 0.399. The van der Waals surface area contributed by atoms with E-state index in [-0.39, 0.29) is 29.0 Å². The Bertz CT molecular complexity index is 1550. The molecule has 0 unspecified atom stereocenters. The zero-order valence-electron chi connectivity index (χ0n) is 23.1. The van der Waals surface area contributed by atoms with E-state index in [0.717, 1.165) is 45.3 Å². The average Bonchev–Trinajstić information content (AvgIpc) is 3.33. The predicted octanol–water partition coefficient (Wildman–Crippen LogP) is 3.74. The minimum Gasteiger partial charge on any atom is -0.479 e. The van der Waals surface area contributed by atoms with Crippen LogP contribution in [0.1, 0.15) is 22.8 Å². The second-order valence-electron chi connectivity index (χ2n) is 9.50. The van der Waals surface area contributed by atoms with Gasteiger partial charge in [0.05, 0.1) is 59.7 Å². The van der Waals surface area contributed by atoms with Gasteiger partial charge in [0.25, 0.3) is 6.43 Å². The van der Waals surface area contributed by atoms with Gasteiger partial charge in [-0.05, 0) is 37.5 Å². The number of benzene rings is 1. The van der Waals surface area contributed by atoms with Crippen LogP contribution in [0, 0.1) is 12.7 Å². The van der Waals surface area contributed by atoms with E-state index in [2.05, 4.69) is 25.3 Å². The number of halogens is 3. The Morgan fingerprint density at radius 3 is 2.76 bits per heavy atom. The van der Waals surface area contributed by atoms with E-state index in [1.165, 1.54) is 9.08 Å². The number of likely N-dealkylation sites (tertiary alicyclic amines) is 1. The third-order valence-electron chi connectivity index (χ3n) is 7.20. The minimum absolute atomic E-state index is 0.00817. The highest BCUT2D eigenvalue weighted by atomic mass is 19.3. The number of hydrogen-bond acceptors (Lipinski definition) is 7. The van der Waals surface area contributed by atoms with Crippen molar-refractivity contribution in [2.45, 2.75) is 44.8 Å². The number of piperidine rings is 1. The molecule has 196 valence electrons. The lowest BCUT2D eigenvalue weighted by molar-refractivity contribution is -0.0705. The van der Waals surface area contributed by atoms with Crippen LogP contribution in [-0.4, -0.2) is 80.9 Å². The monoisotopic (exact) mass is 518 g/mol. The summed E-state index contributed by atoms with van der Waals surface area (Å²) in [6, 6.07) is 5.22. The maximum Gasteiger partial charge on any atom is 0.256 e. The zero-order valence-corrected chi connectivity index (χ0v) is 20.1. The first-order chi connectivity index (χ1) is 19.1. The summed E-state index contributed by atoms with van der Waals surface area (Å²) < 4.78 is 78.1. The summed E-state index contributed by atoms with van der Waals surface area (Å²) in [6.07, 6.45) is 0.161. The fourth-order valence-electron chi connectivity index (χ4n) is 5.22. The third kappa shape index (κ3) is 4.37. The first kappa shape index (κ1) is 20.7. The average molecular weight is 519 g/mol. The van der Waals surface area contributed by atoms with Crippen molar-refractivity contribution in [3.8, 4) is 17.0 Å². The van der Waals surface area contributed by atoms with Crippen LogP contribution in [0.5, 0.6) is 5.88 Å². The summed E-state index contributed by atoms with van der Waals surface area (Å²) in [5.74, 6) is -0.515. The standard InChI is InChI=1S/C25H28F3N7O2/c1-14-29-19-4-3-15(9-20(19)34(14)11-21(27)28)22-18(26)10-35-23(22)24(36-2)31-25(32-35)30-16-5-7-33(8-6-16)17-12-37-13-17/h3-4,9-10,16-17,21H,5-8,11-13H2,1-2H3,(H,30,32)/i2D3. The van der Waals surface area contributed by atoms with Crippen LogP contribution in [-0.2, 0) is 11.3 Å². The lowest BCUT2D eigenvalue weighted by atomic mass is 10.0. The van der Waals surface area contributed by atoms with Crippen molar-refractivity contribution >= 4 is 22.5 Å². The molecule has 0 radical (unpaired) electrons. The molecule has 0 bridgehead atoms.